The van der Waals surface area contributed by atoms with Crippen LogP contribution in [0.2, 0.25) is 0 Å². The summed E-state index contributed by atoms with van der Waals surface area (Å²) in [5.41, 5.74) is 3.48. The Morgan fingerprint density at radius 1 is 1.32 bits per heavy atom. The van der Waals surface area contributed by atoms with Gasteiger partial charge in [-0.05, 0) is 69.2 Å². The van der Waals surface area contributed by atoms with Gasteiger partial charge in [-0.15, -0.1) is 0 Å². The van der Waals surface area contributed by atoms with Gasteiger partial charge in [0, 0.05) is 24.0 Å². The normalized spacial score (nSPS) is 22.2. The van der Waals surface area contributed by atoms with Gasteiger partial charge in [0.05, 0.1) is 23.7 Å². The van der Waals surface area contributed by atoms with Gasteiger partial charge >= 0.3 is 0 Å². The Balaban J connectivity index is 1.70. The van der Waals surface area contributed by atoms with Gasteiger partial charge in [0.2, 0.25) is 0 Å². The molecule has 1 aliphatic heterocycles. The largest absolute Gasteiger partial charge is 0.342 e. The lowest BCUT2D eigenvalue weighted by Gasteiger charge is -2.32. The molecule has 0 saturated heterocycles. The van der Waals surface area contributed by atoms with Gasteiger partial charge in [-0.1, -0.05) is 25.8 Å². The van der Waals surface area contributed by atoms with Gasteiger partial charge in [0.15, 0.2) is 5.82 Å². The van der Waals surface area contributed by atoms with Crippen molar-refractivity contribution in [2.24, 2.45) is 21.8 Å². The topological polar surface area (TPSA) is 82.5 Å². The molecule has 1 saturated carbocycles. The molecule has 1 aromatic carbocycles. The average molecular weight is 464 g/mol. The number of amides is 1. The van der Waals surface area contributed by atoms with Crippen molar-refractivity contribution < 1.29 is 9.18 Å². The predicted molar refractivity (Wildman–Crippen MR) is 137 cm³/mol. The fourth-order valence-electron chi connectivity index (χ4n) is 4.93. The summed E-state index contributed by atoms with van der Waals surface area (Å²) in [5, 5.41) is 3.21. The van der Waals surface area contributed by atoms with Crippen LogP contribution in [0, 0.1) is 17.7 Å². The van der Waals surface area contributed by atoms with E-state index < -0.39 is 0 Å². The monoisotopic (exact) mass is 463 g/mol. The molecule has 4 rings (SSSR count). The molecule has 1 atom stereocenters. The van der Waals surface area contributed by atoms with Gasteiger partial charge in [-0.3, -0.25) is 14.8 Å². The summed E-state index contributed by atoms with van der Waals surface area (Å²) >= 11 is 0. The second-order valence-electron chi connectivity index (χ2n) is 9.33. The number of benzene rings is 1. The minimum Gasteiger partial charge on any atom is -0.342 e. The molecule has 6 nitrogen and oxygen atoms in total. The van der Waals surface area contributed by atoms with Crippen LogP contribution in [0.5, 0.6) is 0 Å². The number of hydrogen-bond donors (Lipinski definition) is 2. The van der Waals surface area contributed by atoms with Gasteiger partial charge in [-0.2, -0.15) is 0 Å². The predicted octanol–water partition coefficient (Wildman–Crippen LogP) is 5.58. The SMILES string of the molecule is C/C=C(/C=NCC)c1ccc2[nH]c(C(NC(=O)C3=CCN=C3C)C3CCC(C)CC3)nc2c1F. The van der Waals surface area contributed by atoms with Crippen LogP contribution >= 0.6 is 0 Å². The number of carbonyl (C=O) groups is 1. The van der Waals surface area contributed by atoms with Crippen LogP contribution in [0.3, 0.4) is 0 Å². The minimum atomic E-state index is -0.375. The number of H-pyrrole nitrogens is 1. The molecule has 7 heteroatoms. The van der Waals surface area contributed by atoms with E-state index in [0.717, 1.165) is 37.0 Å². The highest BCUT2D eigenvalue weighted by molar-refractivity contribution is 6.21. The van der Waals surface area contributed by atoms with E-state index >= 15 is 4.39 Å². The number of nitrogens with zero attached hydrogens (tertiary/aromatic N) is 3. The van der Waals surface area contributed by atoms with Crippen molar-refractivity contribution in [2.75, 3.05) is 13.1 Å². The van der Waals surface area contributed by atoms with Crippen LogP contribution < -0.4 is 5.32 Å². The maximum Gasteiger partial charge on any atom is 0.253 e. The number of hydrogen-bond acceptors (Lipinski definition) is 4. The summed E-state index contributed by atoms with van der Waals surface area (Å²) in [6.45, 7) is 9.11. The van der Waals surface area contributed by atoms with Gasteiger partial charge in [0.1, 0.15) is 11.3 Å². The molecule has 1 amide bonds. The highest BCUT2D eigenvalue weighted by atomic mass is 19.1. The number of allylic oxidation sites excluding steroid dienone is 2. The van der Waals surface area contributed by atoms with Crippen LogP contribution in [0.1, 0.15) is 70.8 Å². The van der Waals surface area contributed by atoms with Crippen molar-refractivity contribution in [3.63, 3.8) is 0 Å². The fraction of sp³-hybridized carbons (Fsp3) is 0.481. The van der Waals surface area contributed by atoms with E-state index in [1.54, 1.807) is 12.3 Å². The second kappa shape index (κ2) is 10.5. The van der Waals surface area contributed by atoms with E-state index in [9.17, 15) is 4.79 Å². The van der Waals surface area contributed by atoms with E-state index in [0.29, 0.717) is 41.5 Å². The van der Waals surface area contributed by atoms with Crippen molar-refractivity contribution in [3.8, 4) is 0 Å². The number of imidazole rings is 1. The fourth-order valence-corrected chi connectivity index (χ4v) is 4.93. The second-order valence-corrected chi connectivity index (χ2v) is 9.33. The first-order valence-electron chi connectivity index (χ1n) is 12.3. The maximum absolute atomic E-state index is 15.6. The number of fused-ring (bicyclic) bond motifs is 1. The Bertz CT molecular complexity index is 1180. The molecule has 2 aromatic rings. The molecule has 0 radical (unpaired) electrons. The highest BCUT2D eigenvalue weighted by Crippen LogP contribution is 2.37. The Hall–Kier alpha value is -3.09. The zero-order valence-electron chi connectivity index (χ0n) is 20.5. The van der Waals surface area contributed by atoms with E-state index in [-0.39, 0.29) is 29.2 Å². The first kappa shape index (κ1) is 24.0. The molecular formula is C27H34FN5O. The summed E-state index contributed by atoms with van der Waals surface area (Å²) in [6, 6.07) is 3.30. The molecular weight excluding hydrogens is 429 g/mol. The Morgan fingerprint density at radius 2 is 2.09 bits per heavy atom. The van der Waals surface area contributed by atoms with E-state index in [1.165, 1.54) is 0 Å². The highest BCUT2D eigenvalue weighted by Gasteiger charge is 2.32. The lowest BCUT2D eigenvalue weighted by atomic mass is 9.79. The maximum atomic E-state index is 15.6. The third-order valence-corrected chi connectivity index (χ3v) is 7.02. The molecule has 34 heavy (non-hydrogen) atoms. The third kappa shape index (κ3) is 4.88. The summed E-state index contributed by atoms with van der Waals surface area (Å²) in [6.07, 6.45) is 9.62. The van der Waals surface area contributed by atoms with Crippen LogP contribution in [0.4, 0.5) is 4.39 Å². The lowest BCUT2D eigenvalue weighted by Crippen LogP contribution is -2.37. The van der Waals surface area contributed by atoms with Gasteiger partial charge in [0.25, 0.3) is 5.91 Å². The number of nitrogens with one attached hydrogen (secondary N) is 2. The molecule has 1 aromatic heterocycles. The minimum absolute atomic E-state index is 0.143. The van der Waals surface area contributed by atoms with Gasteiger partial charge < -0.3 is 10.3 Å². The number of aromatic amines is 1. The summed E-state index contributed by atoms with van der Waals surface area (Å²) in [4.78, 5) is 29.7. The van der Waals surface area contributed by atoms with Crippen LogP contribution in [-0.4, -0.2) is 40.9 Å². The molecule has 1 fully saturated rings. The number of carbonyl (C=O) groups excluding carboxylic acids is 1. The van der Waals surface area contributed by atoms with Crippen molar-refractivity contribution in [2.45, 2.75) is 59.4 Å². The number of aliphatic imine (C=N–C) groups is 2. The Labute approximate surface area is 200 Å². The molecule has 2 N–H and O–H groups in total. The lowest BCUT2D eigenvalue weighted by molar-refractivity contribution is -0.118. The van der Waals surface area contributed by atoms with Crippen molar-refractivity contribution in [3.05, 3.63) is 47.1 Å². The molecule has 0 spiro atoms. The smallest absolute Gasteiger partial charge is 0.253 e. The first-order chi connectivity index (χ1) is 16.4. The van der Waals surface area contributed by atoms with Crippen molar-refractivity contribution >= 4 is 34.4 Å². The number of halogens is 1. The van der Waals surface area contributed by atoms with Crippen LogP contribution in [-0.2, 0) is 4.79 Å². The molecule has 2 heterocycles. The first-order valence-corrected chi connectivity index (χ1v) is 12.3. The summed E-state index contributed by atoms with van der Waals surface area (Å²) < 4.78 is 15.6. The Kier molecular flexibility index (Phi) is 7.39. The molecule has 180 valence electrons. The molecule has 1 aliphatic carbocycles. The van der Waals surface area contributed by atoms with Crippen molar-refractivity contribution in [1.29, 1.82) is 0 Å². The van der Waals surface area contributed by atoms with E-state index in [4.69, 9.17) is 4.98 Å². The summed E-state index contributed by atoms with van der Waals surface area (Å²) in [5.74, 6) is 1.01. The number of aromatic nitrogens is 2. The van der Waals surface area contributed by atoms with Crippen molar-refractivity contribution in [1.82, 2.24) is 15.3 Å². The molecule has 1 unspecified atom stereocenters. The van der Waals surface area contributed by atoms with Gasteiger partial charge in [-0.25, -0.2) is 9.37 Å². The Morgan fingerprint density at radius 3 is 2.74 bits per heavy atom. The molecule has 0 bridgehead atoms. The van der Waals surface area contributed by atoms with Crippen LogP contribution in [0.25, 0.3) is 16.6 Å². The van der Waals surface area contributed by atoms with E-state index in [1.807, 2.05) is 39.0 Å². The van der Waals surface area contributed by atoms with Crippen LogP contribution in [0.15, 0.2) is 39.8 Å². The van der Waals surface area contributed by atoms with E-state index in [2.05, 4.69) is 27.2 Å². The average Bonchev–Trinajstić information content (AvgIpc) is 3.46. The third-order valence-electron chi connectivity index (χ3n) is 7.02. The zero-order chi connectivity index (χ0) is 24.2. The zero-order valence-corrected chi connectivity index (χ0v) is 20.5. The number of rotatable bonds is 7. The quantitative estimate of drug-likeness (QED) is 0.526. The summed E-state index contributed by atoms with van der Waals surface area (Å²) in [7, 11) is 0. The standard InChI is InChI=1S/C27H34FN5O/c1-5-18(15-29-6-2)21-11-12-22-25(23(21)28)32-26(31-22)24(19-9-7-16(3)8-10-19)33-27(34)20-13-14-30-17(20)4/h5,11-13,15-16,19,24H,6-10,14H2,1-4H3,(H,31,32)(H,33,34)/b18-5-,29-15?. The molecule has 2 aliphatic rings.